The van der Waals surface area contributed by atoms with Crippen molar-refractivity contribution < 1.29 is 23.2 Å². The fraction of sp³-hybridized carbons (Fsp3) is 0.0526. The Bertz CT molecular complexity index is 1170. The molecule has 10 heteroatoms. The molecule has 0 saturated carbocycles. The number of phenolic OH excluding ortho intramolecular Hbond substituents is 2. The Hall–Kier alpha value is -1.67. The minimum atomic E-state index is -5.04. The Morgan fingerprint density at radius 2 is 1.31 bits per heavy atom. The highest BCUT2D eigenvalue weighted by atomic mass is 35.5. The highest BCUT2D eigenvalue weighted by Gasteiger charge is 2.50. The van der Waals surface area contributed by atoms with E-state index in [4.69, 9.17) is 46.4 Å². The molecule has 3 rings (SSSR count). The van der Waals surface area contributed by atoms with Crippen LogP contribution in [0.1, 0.15) is 16.7 Å². The number of aromatic hydroxyl groups is 2. The van der Waals surface area contributed by atoms with Crippen LogP contribution in [0.2, 0.25) is 20.1 Å². The quantitative estimate of drug-likeness (QED) is 0.239. The number of hydrogen-bond donors (Lipinski definition) is 3. The molecule has 0 fully saturated rings. The lowest BCUT2D eigenvalue weighted by Gasteiger charge is -2.33. The number of hydrogen-bond acceptors (Lipinski definition) is 4. The third-order valence-electron chi connectivity index (χ3n) is 4.42. The lowest BCUT2D eigenvalue weighted by atomic mass is 9.83. The van der Waals surface area contributed by atoms with Gasteiger partial charge in [-0.3, -0.25) is 4.55 Å². The first kappa shape index (κ1) is 22.0. The van der Waals surface area contributed by atoms with E-state index >= 15 is 0 Å². The summed E-state index contributed by atoms with van der Waals surface area (Å²) in [5, 5.41) is 20.0. The van der Waals surface area contributed by atoms with Crippen LogP contribution in [-0.2, 0) is 14.9 Å². The number of para-hydroxylation sites is 1. The van der Waals surface area contributed by atoms with Crippen LogP contribution >= 0.6 is 46.4 Å². The Kier molecular flexibility index (Phi) is 5.98. The molecule has 0 spiro atoms. The molecule has 5 nitrogen and oxygen atoms in total. The summed E-state index contributed by atoms with van der Waals surface area (Å²) >= 11 is 24.3. The molecule has 3 N–H and O–H groups in total. The molecule has 3 aromatic rings. The van der Waals surface area contributed by atoms with E-state index in [0.29, 0.717) is 0 Å². The van der Waals surface area contributed by atoms with Gasteiger partial charge in [0.1, 0.15) is 11.5 Å². The largest absolute Gasteiger partial charge is 0.508 e. The van der Waals surface area contributed by atoms with E-state index in [1.165, 1.54) is 54.6 Å². The summed E-state index contributed by atoms with van der Waals surface area (Å²) in [6, 6.07) is 11.5. The van der Waals surface area contributed by atoms with Crippen LogP contribution < -0.4 is 0 Å². The lowest BCUT2D eigenvalue weighted by Crippen LogP contribution is -2.38. The van der Waals surface area contributed by atoms with E-state index in [9.17, 15) is 23.2 Å². The van der Waals surface area contributed by atoms with Crippen LogP contribution in [0, 0.1) is 0 Å². The normalized spacial score (nSPS) is 13.8. The van der Waals surface area contributed by atoms with Gasteiger partial charge in [-0.05, 0) is 41.5 Å². The second-order valence-corrected chi connectivity index (χ2v) is 9.26. The molecule has 3 aromatic carbocycles. The Morgan fingerprint density at radius 3 is 1.83 bits per heavy atom. The van der Waals surface area contributed by atoms with E-state index in [1.807, 2.05) is 0 Å². The summed E-state index contributed by atoms with van der Waals surface area (Å²) in [5.74, 6) is -0.706. The summed E-state index contributed by atoms with van der Waals surface area (Å²) in [6.07, 6.45) is 0. The first-order valence-electron chi connectivity index (χ1n) is 7.89. The number of rotatable bonds is 4. The molecule has 0 heterocycles. The second-order valence-electron chi connectivity index (χ2n) is 6.09. The molecule has 29 heavy (non-hydrogen) atoms. The summed E-state index contributed by atoms with van der Waals surface area (Å²) < 4.78 is 33.9. The zero-order chi connectivity index (χ0) is 21.6. The van der Waals surface area contributed by atoms with Crippen LogP contribution in [0.25, 0.3) is 0 Å². The van der Waals surface area contributed by atoms with Crippen LogP contribution in [0.15, 0.2) is 54.6 Å². The van der Waals surface area contributed by atoms with Crippen molar-refractivity contribution in [1.82, 2.24) is 0 Å². The Balaban J connectivity index is 2.58. The average molecular weight is 494 g/mol. The van der Waals surface area contributed by atoms with Crippen molar-refractivity contribution in [3.63, 3.8) is 0 Å². The van der Waals surface area contributed by atoms with Crippen molar-refractivity contribution in [2.24, 2.45) is 0 Å². The second kappa shape index (κ2) is 7.87. The standard InChI is InChI=1S/C19H12Cl4O5S/c20-14-3-1-2-13(18(14)25)19(29(26,27)28,10-4-6-12(24)7-5-10)11-8-15(21)17(23)16(22)9-11/h1-9,24-25H,(H,26,27,28). The predicted molar refractivity (Wildman–Crippen MR) is 114 cm³/mol. The number of benzene rings is 3. The Morgan fingerprint density at radius 1 is 0.759 bits per heavy atom. The minimum Gasteiger partial charge on any atom is -0.508 e. The molecule has 1 unspecified atom stereocenters. The molecular formula is C19H12Cl4O5S. The molecule has 152 valence electrons. The molecule has 0 aliphatic heterocycles. The molecule has 0 aliphatic carbocycles. The first-order chi connectivity index (χ1) is 13.5. The van der Waals surface area contributed by atoms with E-state index in [2.05, 4.69) is 0 Å². The SMILES string of the molecule is O=S(=O)(O)C(c1ccc(O)cc1)(c1cc(Cl)c(Cl)c(Cl)c1)c1cccc(Cl)c1O. The molecule has 0 bridgehead atoms. The van der Waals surface area contributed by atoms with Crippen LogP contribution in [-0.4, -0.2) is 23.2 Å². The van der Waals surface area contributed by atoms with Crippen molar-refractivity contribution in [2.75, 3.05) is 0 Å². The number of phenols is 2. The van der Waals surface area contributed by atoms with Gasteiger partial charge < -0.3 is 10.2 Å². The zero-order valence-corrected chi connectivity index (χ0v) is 18.1. The molecular weight excluding hydrogens is 482 g/mol. The van der Waals surface area contributed by atoms with E-state index < -0.39 is 20.6 Å². The highest BCUT2D eigenvalue weighted by Crippen LogP contribution is 2.50. The van der Waals surface area contributed by atoms with Crippen molar-refractivity contribution in [2.45, 2.75) is 4.75 Å². The third kappa shape index (κ3) is 3.65. The lowest BCUT2D eigenvalue weighted by molar-refractivity contribution is 0.440. The zero-order valence-electron chi connectivity index (χ0n) is 14.3. The monoisotopic (exact) mass is 492 g/mol. The fourth-order valence-corrected chi connectivity index (χ4v) is 5.23. The number of halogens is 4. The van der Waals surface area contributed by atoms with Gasteiger partial charge in [-0.15, -0.1) is 0 Å². The predicted octanol–water partition coefficient (Wildman–Crippen LogP) is 5.89. The summed E-state index contributed by atoms with van der Waals surface area (Å²) in [5.41, 5.74) is -0.347. The summed E-state index contributed by atoms with van der Waals surface area (Å²) in [6.45, 7) is 0. The minimum absolute atomic E-state index is 0.00942. The van der Waals surface area contributed by atoms with Gasteiger partial charge in [0.25, 0.3) is 10.1 Å². The molecule has 1 atom stereocenters. The van der Waals surface area contributed by atoms with Crippen LogP contribution in [0.4, 0.5) is 0 Å². The molecule has 0 amide bonds. The van der Waals surface area contributed by atoms with Gasteiger partial charge in [-0.2, -0.15) is 8.42 Å². The smallest absolute Gasteiger partial charge is 0.283 e. The first-order valence-corrected chi connectivity index (χ1v) is 10.8. The van der Waals surface area contributed by atoms with Gasteiger partial charge in [0.15, 0.2) is 4.75 Å². The van der Waals surface area contributed by atoms with Gasteiger partial charge in [0.2, 0.25) is 0 Å². The molecule has 0 saturated heterocycles. The van der Waals surface area contributed by atoms with Crippen molar-refractivity contribution in [3.05, 3.63) is 91.4 Å². The molecule has 0 aromatic heterocycles. The van der Waals surface area contributed by atoms with Gasteiger partial charge in [-0.1, -0.05) is 70.7 Å². The van der Waals surface area contributed by atoms with Crippen molar-refractivity contribution >= 4 is 56.5 Å². The van der Waals surface area contributed by atoms with E-state index in [-0.39, 0.29) is 42.5 Å². The van der Waals surface area contributed by atoms with Crippen molar-refractivity contribution in [3.8, 4) is 11.5 Å². The third-order valence-corrected chi connectivity index (χ3v) is 7.38. The molecule has 0 radical (unpaired) electrons. The van der Waals surface area contributed by atoms with E-state index in [1.54, 1.807) is 0 Å². The average Bonchev–Trinajstić information content (AvgIpc) is 2.64. The van der Waals surface area contributed by atoms with Gasteiger partial charge in [0, 0.05) is 5.56 Å². The summed E-state index contributed by atoms with van der Waals surface area (Å²) in [4.78, 5) is 0. The molecule has 0 aliphatic rings. The van der Waals surface area contributed by atoms with Gasteiger partial charge in [-0.25, -0.2) is 0 Å². The maximum atomic E-state index is 12.9. The fourth-order valence-electron chi connectivity index (χ4n) is 3.17. The van der Waals surface area contributed by atoms with Crippen molar-refractivity contribution in [1.29, 1.82) is 0 Å². The van der Waals surface area contributed by atoms with Gasteiger partial charge >= 0.3 is 0 Å². The highest BCUT2D eigenvalue weighted by molar-refractivity contribution is 7.87. The van der Waals surface area contributed by atoms with E-state index in [0.717, 1.165) is 0 Å². The van der Waals surface area contributed by atoms with Crippen LogP contribution in [0.3, 0.4) is 0 Å². The topological polar surface area (TPSA) is 94.8 Å². The maximum absolute atomic E-state index is 12.9. The maximum Gasteiger partial charge on any atom is 0.283 e. The summed E-state index contributed by atoms with van der Waals surface area (Å²) in [7, 11) is -5.04. The van der Waals surface area contributed by atoms with Crippen LogP contribution in [0.5, 0.6) is 11.5 Å². The van der Waals surface area contributed by atoms with Gasteiger partial charge in [0.05, 0.1) is 20.1 Å². The Labute approximate surface area is 186 Å².